The molecule has 1 aromatic carbocycles. The number of nitrogens with one attached hydrogen (secondary N) is 1. The molecule has 1 aromatic rings. The summed E-state index contributed by atoms with van der Waals surface area (Å²) in [7, 11) is 0. The van der Waals surface area contributed by atoms with Crippen LogP contribution >= 0.6 is 0 Å². The first-order valence-corrected chi connectivity index (χ1v) is 7.42. The van der Waals surface area contributed by atoms with Gasteiger partial charge >= 0.3 is 0 Å². The topological polar surface area (TPSA) is 58.4 Å². The van der Waals surface area contributed by atoms with Gasteiger partial charge in [0.05, 0.1) is 11.4 Å². The molecule has 20 heavy (non-hydrogen) atoms. The fraction of sp³-hybridized carbons (Fsp3) is 0.562. The van der Waals surface area contributed by atoms with Crippen molar-refractivity contribution < 1.29 is 4.79 Å². The highest BCUT2D eigenvalue weighted by atomic mass is 16.2. The molecule has 0 aliphatic carbocycles. The third-order valence-electron chi connectivity index (χ3n) is 3.54. The summed E-state index contributed by atoms with van der Waals surface area (Å²) in [4.78, 5) is 14.4. The van der Waals surface area contributed by atoms with E-state index in [9.17, 15) is 4.79 Å². The Balaban J connectivity index is 2.79. The van der Waals surface area contributed by atoms with Crippen LogP contribution in [0.3, 0.4) is 0 Å². The molecule has 3 N–H and O–H groups in total. The summed E-state index contributed by atoms with van der Waals surface area (Å²) >= 11 is 0. The van der Waals surface area contributed by atoms with Crippen molar-refractivity contribution in [3.63, 3.8) is 0 Å². The third kappa shape index (κ3) is 4.15. The van der Waals surface area contributed by atoms with E-state index in [1.165, 1.54) is 0 Å². The van der Waals surface area contributed by atoms with Gasteiger partial charge in [0.2, 0.25) is 5.91 Å². The maximum atomic E-state index is 12.3. The summed E-state index contributed by atoms with van der Waals surface area (Å²) in [5.41, 5.74) is 7.63. The van der Waals surface area contributed by atoms with E-state index >= 15 is 0 Å². The smallest absolute Gasteiger partial charge is 0.242 e. The van der Waals surface area contributed by atoms with E-state index in [1.54, 1.807) is 0 Å². The Morgan fingerprint density at radius 2 is 1.95 bits per heavy atom. The average molecular weight is 277 g/mol. The number of likely N-dealkylation sites (N-methyl/N-ethyl adjacent to an activating group) is 1. The Bertz CT molecular complexity index is 433. The zero-order valence-electron chi connectivity index (χ0n) is 13.0. The highest BCUT2D eigenvalue weighted by Gasteiger charge is 2.22. The van der Waals surface area contributed by atoms with E-state index < -0.39 is 0 Å². The number of anilines is 2. The summed E-state index contributed by atoms with van der Waals surface area (Å²) < 4.78 is 0. The number of rotatable bonds is 7. The summed E-state index contributed by atoms with van der Waals surface area (Å²) in [6, 6.07) is 7.64. The molecule has 0 fully saturated rings. The quantitative estimate of drug-likeness (QED) is 0.753. The molecular formula is C16H27N3O. The van der Waals surface area contributed by atoms with Gasteiger partial charge in [0, 0.05) is 12.6 Å². The van der Waals surface area contributed by atoms with Crippen LogP contribution in [0, 0.1) is 0 Å². The normalized spacial score (nSPS) is 13.6. The molecule has 0 radical (unpaired) electrons. The number of nitrogen functional groups attached to an aromatic ring is 1. The van der Waals surface area contributed by atoms with Crippen LogP contribution in [-0.4, -0.2) is 24.5 Å². The van der Waals surface area contributed by atoms with Crippen molar-refractivity contribution >= 4 is 17.3 Å². The Morgan fingerprint density at radius 3 is 2.50 bits per heavy atom. The molecule has 4 heteroatoms. The van der Waals surface area contributed by atoms with Gasteiger partial charge in [-0.15, -0.1) is 0 Å². The molecule has 0 aromatic heterocycles. The van der Waals surface area contributed by atoms with Crippen molar-refractivity contribution in [3.8, 4) is 0 Å². The minimum atomic E-state index is -0.232. The van der Waals surface area contributed by atoms with Gasteiger partial charge in [-0.3, -0.25) is 4.79 Å². The van der Waals surface area contributed by atoms with Crippen molar-refractivity contribution in [2.45, 2.75) is 52.6 Å². The number of carbonyl (C=O) groups excluding carboxylic acids is 1. The molecule has 0 saturated heterocycles. The van der Waals surface area contributed by atoms with Crippen LogP contribution in [0.25, 0.3) is 0 Å². The van der Waals surface area contributed by atoms with Gasteiger partial charge in [-0.2, -0.15) is 0 Å². The van der Waals surface area contributed by atoms with Crippen LogP contribution in [0.5, 0.6) is 0 Å². The standard InChI is InChI=1S/C16H27N3O/c1-5-9-12(3)18-16(20)13(4)19(6-2)15-11-8-7-10-14(15)17/h7-8,10-13H,5-6,9,17H2,1-4H3,(H,18,20). The van der Waals surface area contributed by atoms with Crippen LogP contribution in [0.15, 0.2) is 24.3 Å². The Labute approximate surface area is 122 Å². The molecule has 0 heterocycles. The Kier molecular flexibility index (Phi) is 6.36. The zero-order valence-corrected chi connectivity index (χ0v) is 13.0. The SMILES string of the molecule is CCCC(C)NC(=O)C(C)N(CC)c1ccccc1N. The molecule has 4 nitrogen and oxygen atoms in total. The molecule has 1 amide bonds. The van der Waals surface area contributed by atoms with Crippen molar-refractivity contribution in [2.24, 2.45) is 0 Å². The predicted octanol–water partition coefficient (Wildman–Crippen LogP) is 2.79. The van der Waals surface area contributed by atoms with Crippen molar-refractivity contribution in [1.82, 2.24) is 5.32 Å². The molecule has 2 atom stereocenters. The number of amides is 1. The van der Waals surface area contributed by atoms with E-state index in [4.69, 9.17) is 5.73 Å². The second kappa shape index (κ2) is 7.78. The zero-order chi connectivity index (χ0) is 15.1. The van der Waals surface area contributed by atoms with Gasteiger partial charge in [-0.1, -0.05) is 25.5 Å². The Hall–Kier alpha value is -1.71. The lowest BCUT2D eigenvalue weighted by Gasteiger charge is -2.31. The molecule has 112 valence electrons. The van der Waals surface area contributed by atoms with Crippen molar-refractivity contribution in [2.75, 3.05) is 17.2 Å². The van der Waals surface area contributed by atoms with Gasteiger partial charge in [0.1, 0.15) is 6.04 Å². The summed E-state index contributed by atoms with van der Waals surface area (Å²) in [5, 5.41) is 3.06. The lowest BCUT2D eigenvalue weighted by atomic mass is 10.1. The summed E-state index contributed by atoms with van der Waals surface area (Å²) in [6.07, 6.45) is 2.07. The fourth-order valence-corrected chi connectivity index (χ4v) is 2.41. The van der Waals surface area contributed by atoms with Gasteiger partial charge in [0.25, 0.3) is 0 Å². The molecule has 0 bridgehead atoms. The van der Waals surface area contributed by atoms with E-state index in [0.717, 1.165) is 25.1 Å². The molecule has 1 rings (SSSR count). The van der Waals surface area contributed by atoms with E-state index in [0.29, 0.717) is 5.69 Å². The Morgan fingerprint density at radius 1 is 1.30 bits per heavy atom. The van der Waals surface area contributed by atoms with Crippen molar-refractivity contribution in [3.05, 3.63) is 24.3 Å². The van der Waals surface area contributed by atoms with Gasteiger partial charge in [-0.05, 0) is 39.3 Å². The largest absolute Gasteiger partial charge is 0.397 e. The first-order valence-electron chi connectivity index (χ1n) is 7.42. The minimum Gasteiger partial charge on any atom is -0.397 e. The van der Waals surface area contributed by atoms with Gasteiger partial charge < -0.3 is 16.0 Å². The maximum absolute atomic E-state index is 12.3. The number of para-hydroxylation sites is 2. The highest BCUT2D eigenvalue weighted by Crippen LogP contribution is 2.24. The van der Waals surface area contributed by atoms with Crippen LogP contribution in [0.1, 0.15) is 40.5 Å². The number of carbonyl (C=O) groups is 1. The van der Waals surface area contributed by atoms with Crippen LogP contribution < -0.4 is 16.0 Å². The monoisotopic (exact) mass is 277 g/mol. The molecule has 0 saturated carbocycles. The molecule has 0 aliphatic heterocycles. The van der Waals surface area contributed by atoms with E-state index in [-0.39, 0.29) is 18.0 Å². The number of nitrogens with two attached hydrogens (primary N) is 1. The fourth-order valence-electron chi connectivity index (χ4n) is 2.41. The lowest BCUT2D eigenvalue weighted by Crippen LogP contribution is -2.48. The first kappa shape index (κ1) is 16.3. The van der Waals surface area contributed by atoms with Crippen LogP contribution in [0.2, 0.25) is 0 Å². The second-order valence-corrected chi connectivity index (χ2v) is 5.22. The van der Waals surface area contributed by atoms with E-state index in [1.807, 2.05) is 49.9 Å². The summed E-state index contributed by atoms with van der Waals surface area (Å²) in [6.45, 7) is 8.86. The number of nitrogens with zero attached hydrogens (tertiary/aromatic N) is 1. The average Bonchev–Trinajstić information content (AvgIpc) is 2.41. The molecule has 2 unspecified atom stereocenters. The molecule has 0 spiro atoms. The molecular weight excluding hydrogens is 250 g/mol. The highest BCUT2D eigenvalue weighted by molar-refractivity contribution is 5.86. The van der Waals surface area contributed by atoms with Crippen LogP contribution in [-0.2, 0) is 4.79 Å². The van der Waals surface area contributed by atoms with E-state index in [2.05, 4.69) is 12.2 Å². The second-order valence-electron chi connectivity index (χ2n) is 5.22. The third-order valence-corrected chi connectivity index (χ3v) is 3.54. The predicted molar refractivity (Wildman–Crippen MR) is 85.8 cm³/mol. The van der Waals surface area contributed by atoms with Gasteiger partial charge in [0.15, 0.2) is 0 Å². The number of hydrogen-bond acceptors (Lipinski definition) is 3. The lowest BCUT2D eigenvalue weighted by molar-refractivity contribution is -0.122. The molecule has 0 aliphatic rings. The summed E-state index contributed by atoms with van der Waals surface area (Å²) in [5.74, 6) is 0.0519. The van der Waals surface area contributed by atoms with Gasteiger partial charge in [-0.25, -0.2) is 0 Å². The van der Waals surface area contributed by atoms with Crippen LogP contribution in [0.4, 0.5) is 11.4 Å². The van der Waals surface area contributed by atoms with Crippen molar-refractivity contribution in [1.29, 1.82) is 0 Å². The minimum absolute atomic E-state index is 0.0519. The number of hydrogen-bond donors (Lipinski definition) is 2. The first-order chi connectivity index (χ1) is 9.51. The number of benzene rings is 1. The maximum Gasteiger partial charge on any atom is 0.242 e.